The average Bonchev–Trinajstić information content (AvgIpc) is 3.32. The molecule has 2 aromatic rings. The van der Waals surface area contributed by atoms with Gasteiger partial charge in [-0.05, 0) is 49.2 Å². The second-order valence-corrected chi connectivity index (χ2v) is 7.35. The van der Waals surface area contributed by atoms with Crippen molar-refractivity contribution in [3.63, 3.8) is 0 Å². The predicted octanol–water partition coefficient (Wildman–Crippen LogP) is 2.94. The second-order valence-electron chi connectivity index (χ2n) is 7.35. The Morgan fingerprint density at radius 1 is 1.04 bits per heavy atom. The van der Waals surface area contributed by atoms with Crippen LogP contribution in [0, 0.1) is 0 Å². The van der Waals surface area contributed by atoms with Gasteiger partial charge in [0.1, 0.15) is 5.76 Å². The summed E-state index contributed by atoms with van der Waals surface area (Å²) in [4.78, 5) is 17.1. The van der Waals surface area contributed by atoms with Crippen LogP contribution in [0.4, 0.5) is 0 Å². The minimum atomic E-state index is 0.0892. The number of nitrogens with one attached hydrogen (secondary N) is 1. The van der Waals surface area contributed by atoms with E-state index < -0.39 is 0 Å². The van der Waals surface area contributed by atoms with E-state index in [1.54, 1.807) is 6.26 Å². The van der Waals surface area contributed by atoms with E-state index in [1.165, 1.54) is 30.4 Å². The maximum atomic E-state index is 12.5. The van der Waals surface area contributed by atoms with Gasteiger partial charge in [0.15, 0.2) is 0 Å². The summed E-state index contributed by atoms with van der Waals surface area (Å²) in [6.07, 6.45) is 5.45. The highest BCUT2D eigenvalue weighted by molar-refractivity contribution is 5.78. The molecular weight excluding hydrogens is 326 g/mol. The van der Waals surface area contributed by atoms with E-state index in [-0.39, 0.29) is 11.9 Å². The van der Waals surface area contributed by atoms with Gasteiger partial charge in [-0.25, -0.2) is 0 Å². The standard InChI is InChI=1S/C21H27N3O2/c25-21(16-23-14-17-7-2-3-8-18(17)15-23)22-13-19(20-9-6-12-26-20)24-10-4-1-5-11-24/h2-3,6-9,12,19H,1,4-5,10-11,13-16H2,(H,22,25). The van der Waals surface area contributed by atoms with E-state index in [1.807, 2.05) is 12.1 Å². The van der Waals surface area contributed by atoms with Crippen molar-refractivity contribution in [2.75, 3.05) is 26.2 Å². The van der Waals surface area contributed by atoms with Crippen LogP contribution in [-0.2, 0) is 17.9 Å². The minimum absolute atomic E-state index is 0.0892. The van der Waals surface area contributed by atoms with Crippen molar-refractivity contribution in [1.82, 2.24) is 15.1 Å². The number of fused-ring (bicyclic) bond motifs is 1. The van der Waals surface area contributed by atoms with E-state index in [0.717, 1.165) is 31.9 Å². The zero-order valence-corrected chi connectivity index (χ0v) is 15.2. The molecule has 1 amide bonds. The maximum absolute atomic E-state index is 12.5. The van der Waals surface area contributed by atoms with Gasteiger partial charge in [-0.1, -0.05) is 30.7 Å². The Hall–Kier alpha value is -2.11. The van der Waals surface area contributed by atoms with Crippen LogP contribution in [0.5, 0.6) is 0 Å². The molecule has 0 saturated carbocycles. The van der Waals surface area contributed by atoms with E-state index in [2.05, 4.69) is 39.4 Å². The van der Waals surface area contributed by atoms with Gasteiger partial charge in [-0.2, -0.15) is 0 Å². The highest BCUT2D eigenvalue weighted by Gasteiger charge is 2.26. The van der Waals surface area contributed by atoms with Gasteiger partial charge in [0.2, 0.25) is 5.91 Å². The van der Waals surface area contributed by atoms with Gasteiger partial charge in [0.25, 0.3) is 0 Å². The number of likely N-dealkylation sites (tertiary alicyclic amines) is 1. The fraction of sp³-hybridized carbons (Fsp3) is 0.476. The Labute approximate surface area is 155 Å². The van der Waals surface area contributed by atoms with Crippen molar-refractivity contribution in [3.05, 3.63) is 59.5 Å². The number of benzene rings is 1. The fourth-order valence-corrected chi connectivity index (χ4v) is 4.11. The van der Waals surface area contributed by atoms with Gasteiger partial charge in [-0.3, -0.25) is 14.6 Å². The number of rotatable bonds is 6. The van der Waals surface area contributed by atoms with Crippen LogP contribution in [0.1, 0.15) is 42.2 Å². The summed E-state index contributed by atoms with van der Waals surface area (Å²) < 4.78 is 5.65. The van der Waals surface area contributed by atoms with E-state index in [0.29, 0.717) is 13.1 Å². The van der Waals surface area contributed by atoms with Crippen LogP contribution in [-0.4, -0.2) is 41.9 Å². The molecule has 5 nitrogen and oxygen atoms in total. The minimum Gasteiger partial charge on any atom is -0.468 e. The van der Waals surface area contributed by atoms with Crippen LogP contribution in [0.15, 0.2) is 47.1 Å². The summed E-state index contributed by atoms with van der Waals surface area (Å²) in [5.74, 6) is 1.03. The molecule has 0 bridgehead atoms. The molecule has 0 spiro atoms. The highest BCUT2D eigenvalue weighted by atomic mass is 16.3. The van der Waals surface area contributed by atoms with Gasteiger partial charge in [0.05, 0.1) is 18.8 Å². The first-order valence-electron chi connectivity index (χ1n) is 9.63. The number of piperidine rings is 1. The SMILES string of the molecule is O=C(CN1Cc2ccccc2C1)NCC(c1ccco1)N1CCCCC1. The highest BCUT2D eigenvalue weighted by Crippen LogP contribution is 2.25. The number of hydrogen-bond acceptors (Lipinski definition) is 4. The summed E-state index contributed by atoms with van der Waals surface area (Å²) in [5.41, 5.74) is 2.67. The van der Waals surface area contributed by atoms with Gasteiger partial charge in [0, 0.05) is 19.6 Å². The van der Waals surface area contributed by atoms with E-state index >= 15 is 0 Å². The number of carbonyl (C=O) groups excluding carboxylic acids is 1. The van der Waals surface area contributed by atoms with Crippen molar-refractivity contribution in [2.45, 2.75) is 38.4 Å². The molecule has 1 saturated heterocycles. The zero-order chi connectivity index (χ0) is 17.8. The molecule has 0 aliphatic carbocycles. The molecule has 2 aliphatic rings. The average molecular weight is 353 g/mol. The molecule has 2 aliphatic heterocycles. The molecule has 4 rings (SSSR count). The quantitative estimate of drug-likeness (QED) is 0.867. The molecule has 3 heterocycles. The predicted molar refractivity (Wildman–Crippen MR) is 100 cm³/mol. The van der Waals surface area contributed by atoms with Crippen LogP contribution >= 0.6 is 0 Å². The van der Waals surface area contributed by atoms with Crippen LogP contribution in [0.2, 0.25) is 0 Å². The Morgan fingerprint density at radius 3 is 2.42 bits per heavy atom. The third-order valence-electron chi connectivity index (χ3n) is 5.47. The van der Waals surface area contributed by atoms with E-state index in [9.17, 15) is 4.79 Å². The lowest BCUT2D eigenvalue weighted by molar-refractivity contribution is -0.122. The maximum Gasteiger partial charge on any atom is 0.234 e. The molecule has 1 fully saturated rings. The number of carbonyl (C=O) groups is 1. The Bertz CT molecular complexity index is 698. The fourth-order valence-electron chi connectivity index (χ4n) is 4.11. The lowest BCUT2D eigenvalue weighted by atomic mass is 10.1. The molecule has 1 N–H and O–H groups in total. The number of amides is 1. The summed E-state index contributed by atoms with van der Waals surface area (Å²) in [5, 5.41) is 3.14. The molecule has 5 heteroatoms. The van der Waals surface area contributed by atoms with Crippen molar-refractivity contribution in [3.8, 4) is 0 Å². The molecule has 26 heavy (non-hydrogen) atoms. The zero-order valence-electron chi connectivity index (χ0n) is 15.2. The van der Waals surface area contributed by atoms with Crippen molar-refractivity contribution in [2.24, 2.45) is 0 Å². The summed E-state index contributed by atoms with van der Waals surface area (Å²) >= 11 is 0. The second kappa shape index (κ2) is 8.06. The molecule has 138 valence electrons. The first-order valence-corrected chi connectivity index (χ1v) is 9.63. The van der Waals surface area contributed by atoms with Crippen LogP contribution in [0.25, 0.3) is 0 Å². The molecular formula is C21H27N3O2. The summed E-state index contributed by atoms with van der Waals surface area (Å²) in [7, 11) is 0. The molecule has 1 aromatic carbocycles. The van der Waals surface area contributed by atoms with Crippen molar-refractivity contribution < 1.29 is 9.21 Å². The Kier molecular flexibility index (Phi) is 5.37. The molecule has 1 unspecified atom stereocenters. The third kappa shape index (κ3) is 4.00. The largest absolute Gasteiger partial charge is 0.468 e. The van der Waals surface area contributed by atoms with E-state index in [4.69, 9.17) is 4.42 Å². The Balaban J connectivity index is 1.32. The van der Waals surface area contributed by atoms with Crippen LogP contribution in [0.3, 0.4) is 0 Å². The van der Waals surface area contributed by atoms with Crippen molar-refractivity contribution >= 4 is 5.91 Å². The van der Waals surface area contributed by atoms with Gasteiger partial charge >= 0.3 is 0 Å². The Morgan fingerprint density at radius 2 is 1.77 bits per heavy atom. The van der Waals surface area contributed by atoms with Gasteiger partial charge in [-0.15, -0.1) is 0 Å². The number of furan rings is 1. The lowest BCUT2D eigenvalue weighted by Gasteiger charge is -2.33. The third-order valence-corrected chi connectivity index (χ3v) is 5.47. The smallest absolute Gasteiger partial charge is 0.234 e. The summed E-state index contributed by atoms with van der Waals surface area (Å²) in [6.45, 7) is 4.91. The number of nitrogens with zero attached hydrogens (tertiary/aromatic N) is 2. The topological polar surface area (TPSA) is 48.7 Å². The molecule has 0 radical (unpaired) electrons. The van der Waals surface area contributed by atoms with Crippen LogP contribution < -0.4 is 5.32 Å². The monoisotopic (exact) mass is 353 g/mol. The first kappa shape index (κ1) is 17.3. The molecule has 1 aromatic heterocycles. The van der Waals surface area contributed by atoms with Gasteiger partial charge < -0.3 is 9.73 Å². The van der Waals surface area contributed by atoms with Crippen molar-refractivity contribution in [1.29, 1.82) is 0 Å². The lowest BCUT2D eigenvalue weighted by Crippen LogP contribution is -2.42. The summed E-state index contributed by atoms with van der Waals surface area (Å²) in [6, 6.07) is 12.5. The molecule has 1 atom stereocenters. The normalized spacial score (nSPS) is 19.2. The number of hydrogen-bond donors (Lipinski definition) is 1. The first-order chi connectivity index (χ1) is 12.8.